The van der Waals surface area contributed by atoms with E-state index in [-0.39, 0.29) is 23.3 Å². The molecule has 156 valence electrons. The number of methoxy groups -OCH3 is 1. The number of ether oxygens (including phenoxy) is 1. The highest BCUT2D eigenvalue weighted by atomic mass is 35.5. The normalized spacial score (nSPS) is 13.7. The molecule has 3 rings (SSSR count). The van der Waals surface area contributed by atoms with Crippen LogP contribution in [0.4, 0.5) is 5.69 Å². The third kappa shape index (κ3) is 6.35. The largest absolute Gasteiger partial charge is 0.495 e. The van der Waals surface area contributed by atoms with Crippen LogP contribution in [-0.2, 0) is 21.4 Å². The second-order valence-corrected chi connectivity index (χ2v) is 8.99. The lowest BCUT2D eigenvalue weighted by atomic mass is 10.2. The fourth-order valence-electron chi connectivity index (χ4n) is 2.69. The molecule has 1 amide bonds. The zero-order valence-electron chi connectivity index (χ0n) is 16.1. The monoisotopic (exact) mass is 437 g/mol. The van der Waals surface area contributed by atoms with Crippen molar-refractivity contribution in [1.82, 2.24) is 10.0 Å². The van der Waals surface area contributed by atoms with E-state index in [1.807, 2.05) is 0 Å². The van der Waals surface area contributed by atoms with Gasteiger partial charge in [0, 0.05) is 30.6 Å². The van der Waals surface area contributed by atoms with E-state index in [9.17, 15) is 13.2 Å². The van der Waals surface area contributed by atoms with E-state index in [0.29, 0.717) is 23.9 Å². The summed E-state index contributed by atoms with van der Waals surface area (Å²) in [5.41, 5.74) is 1.55. The van der Waals surface area contributed by atoms with Crippen LogP contribution < -0.4 is 20.1 Å². The Labute approximate surface area is 175 Å². The van der Waals surface area contributed by atoms with Crippen molar-refractivity contribution in [2.24, 2.45) is 0 Å². The summed E-state index contributed by atoms with van der Waals surface area (Å²) >= 11 is 5.98. The Kier molecular flexibility index (Phi) is 7.00. The number of benzene rings is 2. The van der Waals surface area contributed by atoms with Crippen LogP contribution in [0.1, 0.15) is 24.8 Å². The van der Waals surface area contributed by atoms with Crippen molar-refractivity contribution < 1.29 is 17.9 Å². The standard InChI is InChI=1S/C20H24ClN3O4S/c1-28-19-9-4-15(21)12-18(19)22-11-10-20(25)23-13-14-2-7-17(8-3-14)29(26,27)24-16-5-6-16/h2-4,7-9,12,16,22,24H,5-6,10-11,13H2,1H3,(H,23,25). The molecular formula is C20H24ClN3O4S. The second-order valence-electron chi connectivity index (χ2n) is 6.84. The zero-order chi connectivity index (χ0) is 20.9. The highest BCUT2D eigenvalue weighted by molar-refractivity contribution is 7.89. The zero-order valence-corrected chi connectivity index (χ0v) is 17.6. The Balaban J connectivity index is 1.44. The Morgan fingerprint density at radius 3 is 2.55 bits per heavy atom. The van der Waals surface area contributed by atoms with E-state index in [4.69, 9.17) is 16.3 Å². The molecule has 0 spiro atoms. The number of hydrogen-bond acceptors (Lipinski definition) is 5. The molecule has 0 bridgehead atoms. The second kappa shape index (κ2) is 9.47. The van der Waals surface area contributed by atoms with Crippen LogP contribution in [0.2, 0.25) is 5.02 Å². The molecule has 1 saturated carbocycles. The highest BCUT2D eigenvalue weighted by Gasteiger charge is 2.27. The van der Waals surface area contributed by atoms with Crippen molar-refractivity contribution in [2.75, 3.05) is 19.0 Å². The van der Waals surface area contributed by atoms with Crippen molar-refractivity contribution >= 4 is 33.2 Å². The van der Waals surface area contributed by atoms with Crippen molar-refractivity contribution in [3.8, 4) is 5.75 Å². The summed E-state index contributed by atoms with van der Waals surface area (Å²) in [6.07, 6.45) is 2.05. The van der Waals surface area contributed by atoms with Crippen LogP contribution in [0, 0.1) is 0 Å². The molecule has 0 unspecified atom stereocenters. The van der Waals surface area contributed by atoms with Gasteiger partial charge in [-0.1, -0.05) is 23.7 Å². The average molecular weight is 438 g/mol. The molecule has 3 N–H and O–H groups in total. The first-order valence-corrected chi connectivity index (χ1v) is 11.2. The van der Waals surface area contributed by atoms with Crippen molar-refractivity contribution in [3.63, 3.8) is 0 Å². The van der Waals surface area contributed by atoms with Crippen LogP contribution in [0.15, 0.2) is 47.4 Å². The minimum Gasteiger partial charge on any atom is -0.495 e. The molecule has 0 aromatic heterocycles. The predicted molar refractivity (Wildman–Crippen MR) is 113 cm³/mol. The fraction of sp³-hybridized carbons (Fsp3) is 0.350. The maximum Gasteiger partial charge on any atom is 0.240 e. The molecule has 1 aliphatic rings. The number of anilines is 1. The summed E-state index contributed by atoms with van der Waals surface area (Å²) in [4.78, 5) is 12.3. The lowest BCUT2D eigenvalue weighted by Crippen LogP contribution is -2.26. The van der Waals surface area contributed by atoms with Crippen molar-refractivity contribution in [3.05, 3.63) is 53.1 Å². The molecule has 2 aromatic rings. The van der Waals surface area contributed by atoms with E-state index < -0.39 is 10.0 Å². The first-order valence-electron chi connectivity index (χ1n) is 9.33. The van der Waals surface area contributed by atoms with Gasteiger partial charge in [-0.05, 0) is 48.7 Å². The van der Waals surface area contributed by atoms with Gasteiger partial charge in [-0.3, -0.25) is 4.79 Å². The molecule has 2 aromatic carbocycles. The maximum atomic E-state index is 12.2. The Morgan fingerprint density at radius 2 is 1.90 bits per heavy atom. The van der Waals surface area contributed by atoms with E-state index in [2.05, 4.69) is 15.4 Å². The number of amides is 1. The maximum absolute atomic E-state index is 12.2. The molecule has 0 atom stereocenters. The van der Waals surface area contributed by atoms with Gasteiger partial charge in [0.15, 0.2) is 0 Å². The molecule has 1 aliphatic carbocycles. The third-order valence-electron chi connectivity index (χ3n) is 4.45. The molecule has 29 heavy (non-hydrogen) atoms. The minimum absolute atomic E-state index is 0.0689. The van der Waals surface area contributed by atoms with Crippen LogP contribution in [-0.4, -0.2) is 34.0 Å². The van der Waals surface area contributed by atoms with Gasteiger partial charge in [-0.25, -0.2) is 13.1 Å². The Bertz CT molecular complexity index is 960. The van der Waals surface area contributed by atoms with Crippen LogP contribution in [0.5, 0.6) is 5.75 Å². The van der Waals surface area contributed by atoms with Gasteiger partial charge >= 0.3 is 0 Å². The lowest BCUT2D eigenvalue weighted by Gasteiger charge is -2.12. The van der Waals surface area contributed by atoms with Gasteiger partial charge in [0.25, 0.3) is 0 Å². The molecule has 0 radical (unpaired) electrons. The molecule has 0 heterocycles. The molecule has 7 nitrogen and oxygen atoms in total. The van der Waals surface area contributed by atoms with Gasteiger partial charge in [0.1, 0.15) is 5.75 Å². The average Bonchev–Trinajstić information content (AvgIpc) is 3.50. The van der Waals surface area contributed by atoms with Crippen molar-refractivity contribution in [1.29, 1.82) is 0 Å². The van der Waals surface area contributed by atoms with Crippen molar-refractivity contribution in [2.45, 2.75) is 36.7 Å². The summed E-state index contributed by atoms with van der Waals surface area (Å²) in [6, 6.07) is 11.8. The molecule has 9 heteroatoms. The quantitative estimate of drug-likeness (QED) is 0.531. The van der Waals surface area contributed by atoms with Gasteiger partial charge in [-0.15, -0.1) is 0 Å². The van der Waals surface area contributed by atoms with E-state index in [1.54, 1.807) is 49.6 Å². The van der Waals surface area contributed by atoms with E-state index in [1.165, 1.54) is 0 Å². The van der Waals surface area contributed by atoms with Gasteiger partial charge in [-0.2, -0.15) is 0 Å². The number of nitrogens with one attached hydrogen (secondary N) is 3. The van der Waals surface area contributed by atoms with Gasteiger partial charge < -0.3 is 15.4 Å². The Morgan fingerprint density at radius 1 is 1.17 bits per heavy atom. The smallest absolute Gasteiger partial charge is 0.240 e. The summed E-state index contributed by atoms with van der Waals surface area (Å²) in [5, 5.41) is 6.54. The molecular weight excluding hydrogens is 414 g/mol. The minimum atomic E-state index is -3.46. The summed E-state index contributed by atoms with van der Waals surface area (Å²) in [7, 11) is -1.89. The van der Waals surface area contributed by atoms with Gasteiger partial charge in [0.2, 0.25) is 15.9 Å². The predicted octanol–water partition coefficient (Wildman–Crippen LogP) is 2.91. The van der Waals surface area contributed by atoms with Crippen LogP contribution in [0.25, 0.3) is 0 Å². The molecule has 0 saturated heterocycles. The first kappa shape index (κ1) is 21.4. The van der Waals surface area contributed by atoms with Gasteiger partial charge in [0.05, 0.1) is 17.7 Å². The summed E-state index contributed by atoms with van der Waals surface area (Å²) < 4.78 is 32.2. The topological polar surface area (TPSA) is 96.5 Å². The number of carbonyl (C=O) groups excluding carboxylic acids is 1. The SMILES string of the molecule is COc1ccc(Cl)cc1NCCC(=O)NCc1ccc(S(=O)(=O)NC2CC2)cc1. The Hall–Kier alpha value is -2.29. The van der Waals surface area contributed by atoms with Crippen LogP contribution >= 0.6 is 11.6 Å². The van der Waals surface area contributed by atoms with Crippen LogP contribution in [0.3, 0.4) is 0 Å². The lowest BCUT2D eigenvalue weighted by molar-refractivity contribution is -0.121. The number of carbonyl (C=O) groups is 1. The van der Waals surface area contributed by atoms with E-state index in [0.717, 1.165) is 24.1 Å². The first-order chi connectivity index (χ1) is 13.9. The number of halogens is 1. The summed E-state index contributed by atoms with van der Waals surface area (Å²) in [6.45, 7) is 0.752. The summed E-state index contributed by atoms with van der Waals surface area (Å²) in [5.74, 6) is 0.534. The van der Waals surface area contributed by atoms with E-state index >= 15 is 0 Å². The number of sulfonamides is 1. The third-order valence-corrected chi connectivity index (χ3v) is 6.22. The molecule has 0 aliphatic heterocycles. The number of hydrogen-bond donors (Lipinski definition) is 3. The fourth-order valence-corrected chi connectivity index (χ4v) is 4.17. The number of rotatable bonds is 10. The highest BCUT2D eigenvalue weighted by Crippen LogP contribution is 2.27. The molecule has 1 fully saturated rings.